The number of halogens is 2. The number of ether oxygens (including phenoxy) is 1. The van der Waals surface area contributed by atoms with Crippen molar-refractivity contribution in [3.8, 4) is 0 Å². The molecule has 0 spiro atoms. The Morgan fingerprint density at radius 1 is 1.00 bits per heavy atom. The topological polar surface area (TPSA) is 77.9 Å². The summed E-state index contributed by atoms with van der Waals surface area (Å²) in [6.07, 6.45) is 3.33. The van der Waals surface area contributed by atoms with Crippen molar-refractivity contribution in [3.63, 3.8) is 0 Å². The van der Waals surface area contributed by atoms with E-state index in [2.05, 4.69) is 44.6 Å². The Morgan fingerprint density at radius 2 is 1.74 bits per heavy atom. The molecule has 0 amide bonds. The third kappa shape index (κ3) is 5.84. The number of benzene rings is 2. The Hall–Kier alpha value is -3.31. The van der Waals surface area contributed by atoms with E-state index in [-0.39, 0.29) is 12.1 Å². The van der Waals surface area contributed by atoms with Crippen LogP contribution >= 0.6 is 0 Å². The average Bonchev–Trinajstić information content (AvgIpc) is 3.37. The predicted molar refractivity (Wildman–Crippen MR) is 147 cm³/mol. The van der Waals surface area contributed by atoms with Gasteiger partial charge in [-0.3, -0.25) is 14.8 Å². The van der Waals surface area contributed by atoms with Crippen LogP contribution in [0.2, 0.25) is 0 Å². The summed E-state index contributed by atoms with van der Waals surface area (Å²) in [5.74, 6) is -1.14. The lowest BCUT2D eigenvalue weighted by atomic mass is 9.95. The molecule has 1 unspecified atom stereocenters. The van der Waals surface area contributed by atoms with E-state index >= 15 is 8.78 Å². The van der Waals surface area contributed by atoms with E-state index in [0.29, 0.717) is 49.2 Å². The standard InChI is InChI=1S/C29H33F2N7O/c1-19-2-3-22(12-21(19)17-37-6-4-32-5-7-37)35-29-34-16-27-28(36-29)23(15-33-27)20-13-25(30)24(26(31)14-20)18-38-8-10-39-11-9-38/h2-3,12-16,23,32H,4-11,17-18H2,1H3,(H,34,35,36). The number of aryl methyl sites for hydroxylation is 1. The van der Waals surface area contributed by atoms with E-state index < -0.39 is 17.6 Å². The van der Waals surface area contributed by atoms with Gasteiger partial charge in [0, 0.05) is 69.8 Å². The van der Waals surface area contributed by atoms with Crippen molar-refractivity contribution in [2.75, 3.05) is 57.8 Å². The highest BCUT2D eigenvalue weighted by molar-refractivity contribution is 5.83. The largest absolute Gasteiger partial charge is 0.379 e. The Morgan fingerprint density at radius 3 is 2.51 bits per heavy atom. The van der Waals surface area contributed by atoms with Gasteiger partial charge in [-0.1, -0.05) is 6.07 Å². The molecular weight excluding hydrogens is 500 g/mol. The maximum atomic E-state index is 15.1. The Balaban J connectivity index is 1.20. The van der Waals surface area contributed by atoms with Crippen LogP contribution in [0.15, 0.2) is 41.5 Å². The number of aromatic nitrogens is 2. The number of piperazine rings is 1. The van der Waals surface area contributed by atoms with Gasteiger partial charge in [-0.05, 0) is 47.9 Å². The summed E-state index contributed by atoms with van der Waals surface area (Å²) in [7, 11) is 0. The number of anilines is 2. The van der Waals surface area contributed by atoms with Crippen molar-refractivity contribution in [2.24, 2.45) is 4.99 Å². The van der Waals surface area contributed by atoms with E-state index in [4.69, 9.17) is 9.72 Å². The average molecular weight is 534 g/mol. The number of hydrogen-bond donors (Lipinski definition) is 2. The summed E-state index contributed by atoms with van der Waals surface area (Å²) in [6.45, 7) is 9.79. The van der Waals surface area contributed by atoms with Gasteiger partial charge in [0.05, 0.1) is 31.0 Å². The molecular formula is C29H33F2N7O. The molecule has 10 heteroatoms. The summed E-state index contributed by atoms with van der Waals surface area (Å²) in [4.78, 5) is 18.0. The fraction of sp³-hybridized carbons (Fsp3) is 0.414. The molecule has 2 fully saturated rings. The van der Waals surface area contributed by atoms with Gasteiger partial charge in [-0.25, -0.2) is 18.7 Å². The van der Waals surface area contributed by atoms with Gasteiger partial charge in [0.15, 0.2) is 0 Å². The van der Waals surface area contributed by atoms with Gasteiger partial charge >= 0.3 is 0 Å². The minimum Gasteiger partial charge on any atom is -0.379 e. The molecule has 2 saturated heterocycles. The second-order valence-electron chi connectivity index (χ2n) is 10.4. The minimum absolute atomic E-state index is 0.0804. The first kappa shape index (κ1) is 25.9. The van der Waals surface area contributed by atoms with Crippen LogP contribution in [0.4, 0.5) is 26.1 Å². The van der Waals surface area contributed by atoms with Crippen LogP contribution < -0.4 is 10.6 Å². The first-order valence-corrected chi connectivity index (χ1v) is 13.5. The number of fused-ring (bicyclic) bond motifs is 1. The number of morpholine rings is 1. The summed E-state index contributed by atoms with van der Waals surface area (Å²) < 4.78 is 35.6. The SMILES string of the molecule is Cc1ccc(Nc2ncc3c(n2)C(c2cc(F)c(CN4CCOCC4)c(F)c2)C=N3)cc1CN1CCNCC1. The van der Waals surface area contributed by atoms with E-state index in [1.807, 2.05) is 11.0 Å². The van der Waals surface area contributed by atoms with Gasteiger partial charge in [-0.15, -0.1) is 0 Å². The molecule has 3 aliphatic heterocycles. The molecule has 1 atom stereocenters. The van der Waals surface area contributed by atoms with E-state index in [1.165, 1.54) is 23.3 Å². The molecule has 6 rings (SSSR count). The molecule has 3 aliphatic rings. The lowest BCUT2D eigenvalue weighted by Crippen LogP contribution is -2.43. The van der Waals surface area contributed by atoms with Crippen LogP contribution in [0, 0.1) is 18.6 Å². The molecule has 0 aliphatic carbocycles. The third-order valence-corrected chi connectivity index (χ3v) is 7.67. The third-order valence-electron chi connectivity index (χ3n) is 7.67. The fourth-order valence-corrected chi connectivity index (χ4v) is 5.34. The van der Waals surface area contributed by atoms with Crippen molar-refractivity contribution in [1.29, 1.82) is 0 Å². The van der Waals surface area contributed by atoms with Crippen LogP contribution in [-0.4, -0.2) is 78.5 Å². The summed E-state index contributed by atoms with van der Waals surface area (Å²) in [5.41, 5.74) is 5.18. The second kappa shape index (κ2) is 11.4. The maximum Gasteiger partial charge on any atom is 0.227 e. The van der Waals surface area contributed by atoms with Crippen molar-refractivity contribution < 1.29 is 13.5 Å². The summed E-state index contributed by atoms with van der Waals surface area (Å²) in [5, 5.41) is 6.71. The van der Waals surface area contributed by atoms with Gasteiger partial charge in [-0.2, -0.15) is 0 Å². The quantitative estimate of drug-likeness (QED) is 0.477. The smallest absolute Gasteiger partial charge is 0.227 e. The molecule has 4 heterocycles. The first-order chi connectivity index (χ1) is 19.0. The molecule has 2 N–H and O–H groups in total. The highest BCUT2D eigenvalue weighted by Gasteiger charge is 2.26. The van der Waals surface area contributed by atoms with Crippen molar-refractivity contribution in [3.05, 3.63) is 76.1 Å². The highest BCUT2D eigenvalue weighted by atomic mass is 19.1. The Kier molecular flexibility index (Phi) is 7.60. The van der Waals surface area contributed by atoms with Crippen LogP contribution in [0.25, 0.3) is 0 Å². The minimum atomic E-state index is -0.553. The molecule has 0 radical (unpaired) electrons. The molecule has 204 valence electrons. The molecule has 0 bridgehead atoms. The number of hydrogen-bond acceptors (Lipinski definition) is 8. The zero-order chi connectivity index (χ0) is 26.8. The normalized spacial score (nSPS) is 19.8. The zero-order valence-corrected chi connectivity index (χ0v) is 22.1. The summed E-state index contributed by atoms with van der Waals surface area (Å²) in [6, 6.07) is 9.06. The predicted octanol–water partition coefficient (Wildman–Crippen LogP) is 3.89. The summed E-state index contributed by atoms with van der Waals surface area (Å²) >= 11 is 0. The lowest BCUT2D eigenvalue weighted by molar-refractivity contribution is 0.0332. The van der Waals surface area contributed by atoms with Crippen LogP contribution in [0.5, 0.6) is 0 Å². The van der Waals surface area contributed by atoms with Crippen molar-refractivity contribution in [2.45, 2.75) is 25.9 Å². The van der Waals surface area contributed by atoms with Gasteiger partial charge in [0.1, 0.15) is 17.3 Å². The zero-order valence-electron chi connectivity index (χ0n) is 22.1. The monoisotopic (exact) mass is 533 g/mol. The first-order valence-electron chi connectivity index (χ1n) is 13.5. The lowest BCUT2D eigenvalue weighted by Gasteiger charge is -2.28. The molecule has 3 aromatic rings. The Bertz CT molecular complexity index is 1350. The fourth-order valence-electron chi connectivity index (χ4n) is 5.34. The molecule has 8 nitrogen and oxygen atoms in total. The molecule has 0 saturated carbocycles. The van der Waals surface area contributed by atoms with Crippen LogP contribution in [-0.2, 0) is 17.8 Å². The number of rotatable bonds is 7. The number of aliphatic imine (C=N–C) groups is 1. The van der Waals surface area contributed by atoms with E-state index in [9.17, 15) is 0 Å². The van der Waals surface area contributed by atoms with E-state index in [0.717, 1.165) is 38.4 Å². The van der Waals surface area contributed by atoms with Gasteiger partial charge in [0.25, 0.3) is 0 Å². The molecule has 1 aromatic heterocycles. The van der Waals surface area contributed by atoms with Crippen molar-refractivity contribution >= 4 is 23.5 Å². The second-order valence-corrected chi connectivity index (χ2v) is 10.4. The maximum absolute atomic E-state index is 15.1. The van der Waals surface area contributed by atoms with Gasteiger partial charge < -0.3 is 15.4 Å². The molecule has 39 heavy (non-hydrogen) atoms. The van der Waals surface area contributed by atoms with Gasteiger partial charge in [0.2, 0.25) is 5.95 Å². The Labute approximate surface area is 227 Å². The molecule has 2 aromatic carbocycles. The van der Waals surface area contributed by atoms with Crippen LogP contribution in [0.3, 0.4) is 0 Å². The van der Waals surface area contributed by atoms with Crippen LogP contribution in [0.1, 0.15) is 33.9 Å². The van der Waals surface area contributed by atoms with E-state index in [1.54, 1.807) is 12.4 Å². The highest BCUT2D eigenvalue weighted by Crippen LogP contribution is 2.36. The number of nitrogens with zero attached hydrogens (tertiary/aromatic N) is 5. The number of nitrogens with one attached hydrogen (secondary N) is 2. The van der Waals surface area contributed by atoms with Crippen molar-refractivity contribution in [1.82, 2.24) is 25.1 Å².